The maximum atomic E-state index is 13.2. The van der Waals surface area contributed by atoms with Gasteiger partial charge < -0.3 is 9.32 Å². The quantitative estimate of drug-likeness (QED) is 0.492. The highest BCUT2D eigenvalue weighted by Gasteiger charge is 2.25. The second-order valence-corrected chi connectivity index (χ2v) is 6.49. The molecule has 0 spiro atoms. The smallest absolute Gasteiger partial charge is 0.273 e. The van der Waals surface area contributed by atoms with Crippen LogP contribution in [0.3, 0.4) is 0 Å². The molecule has 0 radical (unpaired) electrons. The monoisotopic (exact) mass is 356 g/mol. The van der Waals surface area contributed by atoms with Gasteiger partial charge in [0.1, 0.15) is 17.0 Å². The molecule has 4 aromatic rings. The molecule has 0 saturated carbocycles. The molecule has 0 N–H and O–H groups in total. The number of aromatic nitrogens is 1. The van der Waals surface area contributed by atoms with Gasteiger partial charge in [-0.15, -0.1) is 0 Å². The van der Waals surface area contributed by atoms with Crippen molar-refractivity contribution in [2.24, 2.45) is 0 Å². The summed E-state index contributed by atoms with van der Waals surface area (Å²) in [6, 6.07) is 25.1. The van der Waals surface area contributed by atoms with E-state index in [1.54, 1.807) is 23.2 Å². The molecular formula is C23H20N2O2. The van der Waals surface area contributed by atoms with Crippen molar-refractivity contribution in [1.82, 2.24) is 9.88 Å². The summed E-state index contributed by atoms with van der Waals surface area (Å²) in [6.45, 7) is 2.40. The summed E-state index contributed by atoms with van der Waals surface area (Å²) in [5.74, 6) is 0.635. The van der Waals surface area contributed by atoms with Gasteiger partial charge in [0, 0.05) is 11.6 Å². The van der Waals surface area contributed by atoms with Gasteiger partial charge in [0.05, 0.1) is 12.6 Å². The first-order valence-electron chi connectivity index (χ1n) is 8.97. The lowest BCUT2D eigenvalue weighted by molar-refractivity contribution is 0.0654. The second-order valence-electron chi connectivity index (χ2n) is 6.49. The van der Waals surface area contributed by atoms with Crippen LogP contribution < -0.4 is 0 Å². The summed E-state index contributed by atoms with van der Waals surface area (Å²) in [7, 11) is 0. The number of pyridine rings is 1. The van der Waals surface area contributed by atoms with E-state index in [2.05, 4.69) is 4.98 Å². The van der Waals surface area contributed by atoms with E-state index in [-0.39, 0.29) is 11.9 Å². The molecule has 0 bridgehead atoms. The van der Waals surface area contributed by atoms with E-state index in [9.17, 15) is 4.79 Å². The van der Waals surface area contributed by atoms with Gasteiger partial charge in [0.2, 0.25) is 0 Å². The first kappa shape index (κ1) is 17.0. The molecule has 2 heterocycles. The fourth-order valence-electron chi connectivity index (χ4n) is 3.22. The number of para-hydroxylation sites is 1. The van der Waals surface area contributed by atoms with Gasteiger partial charge in [-0.05, 0) is 36.8 Å². The van der Waals surface area contributed by atoms with Crippen LogP contribution in [0.25, 0.3) is 11.0 Å². The maximum absolute atomic E-state index is 13.2. The fourth-order valence-corrected chi connectivity index (χ4v) is 3.22. The number of fused-ring (bicyclic) bond motifs is 1. The molecule has 2 aromatic heterocycles. The number of hydrogen-bond donors (Lipinski definition) is 0. The summed E-state index contributed by atoms with van der Waals surface area (Å²) in [6.07, 6.45) is 1.64. The Kier molecular flexibility index (Phi) is 4.71. The second kappa shape index (κ2) is 7.46. The maximum Gasteiger partial charge on any atom is 0.273 e. The molecule has 4 rings (SSSR count). The first-order valence-corrected chi connectivity index (χ1v) is 8.97. The largest absolute Gasteiger partial charge is 0.459 e. The number of amides is 1. The standard InChI is InChI=1S/C23H20N2O2/c1-17(18-9-3-2-4-10-18)25(23(26)21-12-7-8-14-24-21)16-20-15-19-11-5-6-13-22(19)27-20/h2-15,17H,16H2,1H3/t17-/m0/s1. The van der Waals surface area contributed by atoms with Crippen molar-refractivity contribution in [2.75, 3.05) is 0 Å². The normalized spacial score (nSPS) is 12.0. The molecule has 0 aliphatic rings. The highest BCUT2D eigenvalue weighted by molar-refractivity contribution is 5.92. The molecule has 2 aromatic carbocycles. The minimum Gasteiger partial charge on any atom is -0.459 e. The van der Waals surface area contributed by atoms with Gasteiger partial charge in [0.15, 0.2) is 0 Å². The van der Waals surface area contributed by atoms with Crippen LogP contribution in [0.5, 0.6) is 0 Å². The highest BCUT2D eigenvalue weighted by Crippen LogP contribution is 2.26. The van der Waals surface area contributed by atoms with Crippen molar-refractivity contribution in [1.29, 1.82) is 0 Å². The third-order valence-corrected chi connectivity index (χ3v) is 4.70. The summed E-state index contributed by atoms with van der Waals surface area (Å²) in [4.78, 5) is 19.2. The lowest BCUT2D eigenvalue weighted by Gasteiger charge is -2.28. The molecule has 0 saturated heterocycles. The van der Waals surface area contributed by atoms with Crippen molar-refractivity contribution in [3.63, 3.8) is 0 Å². The molecule has 1 amide bonds. The van der Waals surface area contributed by atoms with E-state index in [4.69, 9.17) is 4.42 Å². The van der Waals surface area contributed by atoms with Gasteiger partial charge in [-0.3, -0.25) is 9.78 Å². The molecule has 4 heteroatoms. The van der Waals surface area contributed by atoms with Crippen LogP contribution in [0.15, 0.2) is 89.5 Å². The molecule has 0 fully saturated rings. The number of carbonyl (C=O) groups is 1. The van der Waals surface area contributed by atoms with Gasteiger partial charge in [0.25, 0.3) is 5.91 Å². The van der Waals surface area contributed by atoms with Crippen LogP contribution >= 0.6 is 0 Å². The Bertz CT molecular complexity index is 1010. The SMILES string of the molecule is C[C@@H](c1ccccc1)N(Cc1cc2ccccc2o1)C(=O)c1ccccn1. The zero-order chi connectivity index (χ0) is 18.6. The lowest BCUT2D eigenvalue weighted by Crippen LogP contribution is -2.33. The number of rotatable bonds is 5. The fraction of sp³-hybridized carbons (Fsp3) is 0.130. The van der Waals surface area contributed by atoms with Gasteiger partial charge in [-0.1, -0.05) is 54.6 Å². The average molecular weight is 356 g/mol. The van der Waals surface area contributed by atoms with Crippen LogP contribution in [0.2, 0.25) is 0 Å². The average Bonchev–Trinajstić information content (AvgIpc) is 3.15. The number of furan rings is 1. The van der Waals surface area contributed by atoms with Crippen molar-refractivity contribution < 1.29 is 9.21 Å². The van der Waals surface area contributed by atoms with Crippen molar-refractivity contribution in [2.45, 2.75) is 19.5 Å². The Hall–Kier alpha value is -3.40. The summed E-state index contributed by atoms with van der Waals surface area (Å²) >= 11 is 0. The van der Waals surface area contributed by atoms with E-state index in [1.807, 2.05) is 73.7 Å². The van der Waals surface area contributed by atoms with Crippen LogP contribution in [-0.4, -0.2) is 15.8 Å². The highest BCUT2D eigenvalue weighted by atomic mass is 16.3. The zero-order valence-corrected chi connectivity index (χ0v) is 15.1. The van der Waals surface area contributed by atoms with Crippen LogP contribution in [0.4, 0.5) is 0 Å². The molecule has 4 nitrogen and oxygen atoms in total. The number of carbonyl (C=O) groups excluding carboxylic acids is 1. The minimum atomic E-state index is -0.118. The van der Waals surface area contributed by atoms with Crippen molar-refractivity contribution in [3.8, 4) is 0 Å². The molecular weight excluding hydrogens is 336 g/mol. The Labute approximate surface area is 158 Å². The lowest BCUT2D eigenvalue weighted by atomic mass is 10.1. The number of benzene rings is 2. The molecule has 1 atom stereocenters. The first-order chi connectivity index (χ1) is 13.2. The number of nitrogens with zero attached hydrogens (tertiary/aromatic N) is 2. The van der Waals surface area contributed by atoms with E-state index < -0.39 is 0 Å². The van der Waals surface area contributed by atoms with Crippen LogP contribution in [0.1, 0.15) is 34.8 Å². The third-order valence-electron chi connectivity index (χ3n) is 4.70. The third kappa shape index (κ3) is 3.60. The van der Waals surface area contributed by atoms with Gasteiger partial charge >= 0.3 is 0 Å². The van der Waals surface area contributed by atoms with E-state index in [0.717, 1.165) is 22.3 Å². The Morgan fingerprint density at radius 3 is 2.48 bits per heavy atom. The van der Waals surface area contributed by atoms with Crippen molar-refractivity contribution in [3.05, 3.63) is 102 Å². The van der Waals surface area contributed by atoms with Gasteiger partial charge in [-0.2, -0.15) is 0 Å². The molecule has 27 heavy (non-hydrogen) atoms. The van der Waals surface area contributed by atoms with E-state index >= 15 is 0 Å². The Morgan fingerprint density at radius 2 is 1.74 bits per heavy atom. The zero-order valence-electron chi connectivity index (χ0n) is 15.1. The Balaban J connectivity index is 1.69. The molecule has 0 unspecified atom stereocenters. The van der Waals surface area contributed by atoms with Gasteiger partial charge in [-0.25, -0.2) is 0 Å². The predicted molar refractivity (Wildman–Crippen MR) is 105 cm³/mol. The summed E-state index contributed by atoms with van der Waals surface area (Å²) in [5, 5.41) is 1.03. The minimum absolute atomic E-state index is 0.117. The summed E-state index contributed by atoms with van der Waals surface area (Å²) in [5.41, 5.74) is 2.32. The van der Waals surface area contributed by atoms with Crippen LogP contribution in [0, 0.1) is 0 Å². The predicted octanol–water partition coefficient (Wildman–Crippen LogP) is 5.23. The Morgan fingerprint density at radius 1 is 1.00 bits per heavy atom. The summed E-state index contributed by atoms with van der Waals surface area (Å²) < 4.78 is 5.96. The number of hydrogen-bond acceptors (Lipinski definition) is 3. The van der Waals surface area contributed by atoms with Crippen molar-refractivity contribution >= 4 is 16.9 Å². The molecule has 0 aliphatic heterocycles. The topological polar surface area (TPSA) is 46.3 Å². The van der Waals surface area contributed by atoms with E-state index in [1.165, 1.54) is 0 Å². The van der Waals surface area contributed by atoms with Crippen LogP contribution in [-0.2, 0) is 6.54 Å². The molecule has 0 aliphatic carbocycles. The molecule has 134 valence electrons. The van der Waals surface area contributed by atoms with E-state index in [0.29, 0.717) is 12.2 Å².